The first-order chi connectivity index (χ1) is 62.2. The molecule has 4 atom stereocenters. The third-order valence-electron chi connectivity index (χ3n) is 23.5. The number of rotatable bonds is 30. The van der Waals surface area contributed by atoms with Gasteiger partial charge in [-0.05, 0) is 200 Å². The number of nitrogens with zero attached hydrogens (tertiary/aromatic N) is 9. The Kier molecular flexibility index (Phi) is 31.3. The molecule has 4 heterocycles. The summed E-state index contributed by atoms with van der Waals surface area (Å²) in [5, 5.41) is 45.5. The molecule has 0 aliphatic heterocycles. The molecule has 129 heavy (non-hydrogen) atoms. The monoisotopic (exact) mass is 1750 g/mol. The molecule has 22 heteroatoms. The Balaban J connectivity index is 0.000000147. The largest absolute Gasteiger partial charge is 0.573 e. The minimum absolute atomic E-state index is 0.00296. The van der Waals surface area contributed by atoms with E-state index in [4.69, 9.17) is 40.6 Å². The lowest BCUT2D eigenvalue weighted by atomic mass is 9.87. The zero-order chi connectivity index (χ0) is 91.5. The van der Waals surface area contributed by atoms with Crippen LogP contribution >= 0.6 is 11.8 Å². The molecule has 4 aromatic heterocycles. The molecule has 666 valence electrons. The van der Waals surface area contributed by atoms with Crippen molar-refractivity contribution >= 4 is 55.9 Å². The molecular formula is C107H116F3N13O5S. The van der Waals surface area contributed by atoms with Gasteiger partial charge in [0.2, 0.25) is 22.5 Å². The van der Waals surface area contributed by atoms with E-state index in [1.807, 2.05) is 93.4 Å². The number of ether oxygens (including phenoxy) is 5. The summed E-state index contributed by atoms with van der Waals surface area (Å²) in [4.78, 5) is 1.25. The fraction of sp³-hybridized carbons (Fsp3) is 0.280. The minimum atomic E-state index is -4.73. The van der Waals surface area contributed by atoms with Gasteiger partial charge in [-0.1, -0.05) is 249 Å². The van der Waals surface area contributed by atoms with Gasteiger partial charge in [-0.25, -0.2) is 0 Å². The molecule has 0 fully saturated rings. The van der Waals surface area contributed by atoms with E-state index < -0.39 is 6.36 Å². The number of fused-ring (bicyclic) bond motifs is 4. The molecule has 0 amide bonds. The van der Waals surface area contributed by atoms with Gasteiger partial charge in [-0.2, -0.15) is 5.26 Å². The number of halogens is 3. The Morgan fingerprint density at radius 3 is 0.860 bits per heavy atom. The normalized spacial score (nSPS) is 12.5. The van der Waals surface area contributed by atoms with Crippen LogP contribution in [0.5, 0.6) is 5.75 Å². The summed E-state index contributed by atoms with van der Waals surface area (Å²) in [5.74, 6) is -0.270. The second kappa shape index (κ2) is 43.2. The lowest BCUT2D eigenvalue weighted by Gasteiger charge is -2.20. The van der Waals surface area contributed by atoms with E-state index in [1.54, 1.807) is 58.4 Å². The Morgan fingerprint density at radius 2 is 0.597 bits per heavy atom. The average molecular weight is 1750 g/mol. The van der Waals surface area contributed by atoms with E-state index in [-0.39, 0.29) is 35.3 Å². The van der Waals surface area contributed by atoms with Crippen molar-refractivity contribution in [1.82, 2.24) is 36.5 Å². The van der Waals surface area contributed by atoms with Crippen LogP contribution < -0.4 is 27.2 Å². The second-order valence-corrected chi connectivity index (χ2v) is 34.9. The lowest BCUT2D eigenvalue weighted by molar-refractivity contribution is -0.274. The number of nitriles is 1. The highest BCUT2D eigenvalue weighted by molar-refractivity contribution is 7.98. The van der Waals surface area contributed by atoms with Crippen molar-refractivity contribution < 1.29 is 36.9 Å². The van der Waals surface area contributed by atoms with Crippen LogP contribution in [0.4, 0.5) is 13.2 Å². The summed E-state index contributed by atoms with van der Waals surface area (Å²) in [7, 11) is 6.83. The van der Waals surface area contributed by atoms with Gasteiger partial charge in [0.1, 0.15) is 5.75 Å². The molecule has 0 spiro atoms. The number of hydrogen-bond acceptors (Lipinski definition) is 11. The summed E-state index contributed by atoms with van der Waals surface area (Å²) in [6.07, 6.45) is 0.472. The number of benzene rings is 12. The van der Waals surface area contributed by atoms with Crippen LogP contribution in [0.3, 0.4) is 0 Å². The number of hydrogen-bond donors (Lipinski definition) is 4. The van der Waals surface area contributed by atoms with Crippen LogP contribution in [-0.2, 0) is 76.2 Å². The molecule has 0 aliphatic rings. The van der Waals surface area contributed by atoms with Gasteiger partial charge in [-0.15, -0.1) is 24.9 Å². The molecule has 0 saturated heterocycles. The number of aromatic nitrogens is 8. The van der Waals surface area contributed by atoms with Crippen LogP contribution in [0.2, 0.25) is 0 Å². The van der Waals surface area contributed by atoms with E-state index in [0.29, 0.717) is 87.1 Å². The summed E-state index contributed by atoms with van der Waals surface area (Å²) in [5.41, 5.74) is 25.9. The Bertz CT molecular complexity index is 6710. The number of nitrogens with one attached hydrogen (secondary N) is 4. The standard InChI is InChI=1S/C29H35N3O.C26H26F3N3O2.C26H26N4O.C26H29N3OS/c1-21-10-12-22(13-11-21)18-25(20-33-5)32-27-9-7-6-8-26(27)31(28(32)30)19-23-14-16-24(17-15-23)29(2,3)4;1-18-7-9-19(10-8-18)15-21(17-33-2)32-24-6-4-3-5-23(24)31(25(32)30)16-20-11-13-22(14-12-20)34-26(27,28)29;1-19-10-12-20(13-11-19)15-23(18-31-2)30-25-9-4-3-8-24(25)29(26(30)28)17-22-7-5-6-21(14-22)16-27;1-19-8-10-20(11-9-19)16-22(18-30-2)29-25-7-5-4-6-24(25)28(26(29)27)17-21-12-14-23(31-3)15-13-21/h6-17,25,30H,18-20H2,1-5H3;3-14,21,30H,15-17H2,1-2H3;3-14,23,28H,15,17-18H2,1-2H3;4-15,22,27H,16-18H2,1-3H3/t25-;21-;23-;22-/m0000/s1. The van der Waals surface area contributed by atoms with E-state index in [2.05, 4.69) is 269 Å². The second-order valence-electron chi connectivity index (χ2n) is 34.1. The predicted octanol–water partition coefficient (Wildman–Crippen LogP) is 21.6. The van der Waals surface area contributed by atoms with Crippen molar-refractivity contribution in [3.05, 3.63) is 392 Å². The van der Waals surface area contributed by atoms with E-state index in [1.165, 1.54) is 72.7 Å². The third-order valence-corrected chi connectivity index (χ3v) is 24.2. The molecule has 12 aromatic carbocycles. The Morgan fingerprint density at radius 1 is 0.333 bits per heavy atom. The molecule has 0 saturated carbocycles. The number of imidazole rings is 4. The summed E-state index contributed by atoms with van der Waals surface area (Å²) in [6.45, 7) is 19.3. The number of para-hydroxylation sites is 8. The smallest absolute Gasteiger partial charge is 0.406 e. The van der Waals surface area contributed by atoms with Crippen molar-refractivity contribution in [3.63, 3.8) is 0 Å². The quantitative estimate of drug-likeness (QED) is 0.0320. The van der Waals surface area contributed by atoms with E-state index in [9.17, 15) is 18.4 Å². The summed E-state index contributed by atoms with van der Waals surface area (Å²) in [6, 6.07) is 99.6. The highest BCUT2D eigenvalue weighted by Crippen LogP contribution is 2.31. The van der Waals surface area contributed by atoms with Crippen LogP contribution in [-0.4, -0.2) is 104 Å². The summed E-state index contributed by atoms with van der Waals surface area (Å²) < 4.78 is 80.1. The van der Waals surface area contributed by atoms with Gasteiger partial charge < -0.3 is 60.2 Å². The number of thioether (sulfide) groups is 1. The highest BCUT2D eigenvalue weighted by Gasteiger charge is 2.32. The molecule has 0 aliphatic carbocycles. The average Bonchev–Trinajstić information content (AvgIpc) is 1.63. The zero-order valence-electron chi connectivity index (χ0n) is 75.6. The van der Waals surface area contributed by atoms with Crippen molar-refractivity contribution in [1.29, 1.82) is 26.9 Å². The maximum Gasteiger partial charge on any atom is 0.573 e. The first-order valence-corrected chi connectivity index (χ1v) is 44.7. The fourth-order valence-electron chi connectivity index (χ4n) is 16.9. The maximum absolute atomic E-state index is 12.5. The van der Waals surface area contributed by atoms with Crippen molar-refractivity contribution in [3.8, 4) is 11.8 Å². The molecule has 0 bridgehead atoms. The molecular weight excluding hydrogens is 1640 g/mol. The van der Waals surface area contributed by atoms with Gasteiger partial charge in [-0.3, -0.25) is 21.6 Å². The molecule has 16 aromatic rings. The third kappa shape index (κ3) is 23.5. The topological polar surface area (TPSA) is 205 Å². The van der Waals surface area contributed by atoms with Gasteiger partial charge in [0, 0.05) is 33.3 Å². The first-order valence-electron chi connectivity index (χ1n) is 43.4. The molecule has 0 radical (unpaired) electrons. The van der Waals surface area contributed by atoms with Crippen LogP contribution in [0, 0.1) is 60.7 Å². The van der Waals surface area contributed by atoms with Crippen molar-refractivity contribution in [2.24, 2.45) is 0 Å². The van der Waals surface area contributed by atoms with Crippen molar-refractivity contribution in [2.45, 2.75) is 141 Å². The summed E-state index contributed by atoms with van der Waals surface area (Å²) >= 11 is 1.74. The maximum atomic E-state index is 12.5. The zero-order valence-corrected chi connectivity index (χ0v) is 76.4. The van der Waals surface area contributed by atoms with Gasteiger partial charge >= 0.3 is 6.36 Å². The number of methoxy groups -OCH3 is 4. The van der Waals surface area contributed by atoms with Crippen LogP contribution in [0.15, 0.2) is 296 Å². The Labute approximate surface area is 757 Å². The molecule has 4 N–H and O–H groups in total. The van der Waals surface area contributed by atoms with Gasteiger partial charge in [0.05, 0.1) is 133 Å². The lowest BCUT2D eigenvalue weighted by Crippen LogP contribution is -2.31. The van der Waals surface area contributed by atoms with Crippen LogP contribution in [0.1, 0.15) is 123 Å². The van der Waals surface area contributed by atoms with Crippen molar-refractivity contribution in [2.75, 3.05) is 61.1 Å². The van der Waals surface area contributed by atoms with E-state index >= 15 is 0 Å². The fourth-order valence-corrected chi connectivity index (χ4v) is 17.3. The van der Waals surface area contributed by atoms with Gasteiger partial charge in [0.25, 0.3) is 0 Å². The first kappa shape index (κ1) is 93.6. The molecule has 16 rings (SSSR count). The predicted molar refractivity (Wildman–Crippen MR) is 510 cm³/mol. The molecule has 0 unspecified atom stereocenters. The molecule has 18 nitrogen and oxygen atoms in total. The minimum Gasteiger partial charge on any atom is -0.406 e. The number of aryl methyl sites for hydroxylation is 4. The van der Waals surface area contributed by atoms with Crippen LogP contribution in [0.25, 0.3) is 44.1 Å². The highest BCUT2D eigenvalue weighted by atomic mass is 32.2. The Hall–Kier alpha value is -13.0. The van der Waals surface area contributed by atoms with Gasteiger partial charge in [0.15, 0.2) is 0 Å². The SMILES string of the molecule is COC[C@H](Cc1ccc(C)cc1)n1c(=N)n(Cc2ccc(C(C)(C)C)cc2)c2ccccc21.COC[C@H](Cc1ccc(C)cc1)n1c(=N)n(Cc2ccc(OC(F)(F)F)cc2)c2ccccc21.COC[C@H](Cc1ccc(C)cc1)n1c(=N)n(Cc2ccc(SC)cc2)c2ccccc21.COC[C@H](Cc1ccc(C)cc1)n1c(=N)n(Cc2cccc(C#N)c2)c2ccccc21. The number of alkyl halides is 3. The van der Waals surface area contributed by atoms with E-state index in [0.717, 1.165) is 80.1 Å².